The highest BCUT2D eigenvalue weighted by molar-refractivity contribution is 4.79. The van der Waals surface area contributed by atoms with Crippen molar-refractivity contribution in [2.24, 2.45) is 5.92 Å². The fourth-order valence-corrected chi connectivity index (χ4v) is 1.39. The molecule has 0 aromatic carbocycles. The minimum Gasteiger partial charge on any atom is -0.207 e. The third-order valence-electron chi connectivity index (χ3n) is 2.08. The third kappa shape index (κ3) is 1.63. The van der Waals surface area contributed by atoms with Gasteiger partial charge in [-0.1, -0.05) is 13.3 Å². The zero-order chi connectivity index (χ0) is 6.91. The topological polar surface area (TPSA) is 0 Å². The van der Waals surface area contributed by atoms with Crippen molar-refractivity contribution in [1.29, 1.82) is 0 Å². The summed E-state index contributed by atoms with van der Waals surface area (Å²) in [6.07, 6.45) is 1.88. The Morgan fingerprint density at radius 3 is 2.44 bits per heavy atom. The largest absolute Gasteiger partial charge is 0.248 e. The first-order valence-corrected chi connectivity index (χ1v) is 3.52. The summed E-state index contributed by atoms with van der Waals surface area (Å²) in [6, 6.07) is 0. The summed E-state index contributed by atoms with van der Waals surface area (Å²) in [7, 11) is 0. The standard InChI is InChI=1S/C7H12F2/c1-2-6-3-4-7(8,9)5-6/h6H,2-5H2,1H3. The van der Waals surface area contributed by atoms with Crippen LogP contribution in [0.5, 0.6) is 0 Å². The predicted molar refractivity (Wildman–Crippen MR) is 32.6 cm³/mol. The summed E-state index contributed by atoms with van der Waals surface area (Å²) in [4.78, 5) is 0. The molecule has 0 amide bonds. The Morgan fingerprint density at radius 1 is 1.56 bits per heavy atom. The molecule has 1 rings (SSSR count). The molecule has 0 aromatic rings. The van der Waals surface area contributed by atoms with Crippen LogP contribution in [0.25, 0.3) is 0 Å². The molecular formula is C7H12F2. The van der Waals surface area contributed by atoms with Crippen molar-refractivity contribution < 1.29 is 8.78 Å². The maximum Gasteiger partial charge on any atom is 0.248 e. The van der Waals surface area contributed by atoms with Gasteiger partial charge in [-0.2, -0.15) is 0 Å². The van der Waals surface area contributed by atoms with E-state index < -0.39 is 5.92 Å². The molecule has 0 spiro atoms. The Labute approximate surface area is 54.3 Å². The summed E-state index contributed by atoms with van der Waals surface area (Å²) in [5.74, 6) is -2.04. The average Bonchev–Trinajstić information content (AvgIpc) is 2.10. The Balaban J connectivity index is 2.38. The van der Waals surface area contributed by atoms with Crippen molar-refractivity contribution >= 4 is 0 Å². The molecule has 0 aromatic heterocycles. The van der Waals surface area contributed by atoms with Gasteiger partial charge in [0.15, 0.2) is 0 Å². The Hall–Kier alpha value is -0.140. The first-order valence-electron chi connectivity index (χ1n) is 3.52. The lowest BCUT2D eigenvalue weighted by atomic mass is 10.1. The minimum absolute atomic E-state index is 0.117. The first kappa shape index (κ1) is 6.97. The number of halogens is 2. The maximum absolute atomic E-state index is 12.4. The molecule has 1 aliphatic rings. The Bertz CT molecular complexity index is 99.1. The van der Waals surface area contributed by atoms with Gasteiger partial charge in [-0.25, -0.2) is 8.78 Å². The van der Waals surface area contributed by atoms with Gasteiger partial charge in [-0.05, 0) is 12.3 Å². The van der Waals surface area contributed by atoms with E-state index in [-0.39, 0.29) is 12.8 Å². The molecule has 9 heavy (non-hydrogen) atoms. The quantitative estimate of drug-likeness (QED) is 0.517. The zero-order valence-electron chi connectivity index (χ0n) is 5.66. The highest BCUT2D eigenvalue weighted by Gasteiger charge is 2.38. The third-order valence-corrected chi connectivity index (χ3v) is 2.08. The van der Waals surface area contributed by atoms with Crippen LogP contribution in [0.3, 0.4) is 0 Å². The summed E-state index contributed by atoms with van der Waals surface area (Å²) >= 11 is 0. The van der Waals surface area contributed by atoms with Gasteiger partial charge in [0, 0.05) is 12.8 Å². The molecule has 1 saturated carbocycles. The Morgan fingerprint density at radius 2 is 2.22 bits per heavy atom. The molecule has 1 atom stereocenters. The second kappa shape index (κ2) is 2.24. The van der Waals surface area contributed by atoms with Crippen molar-refractivity contribution in [1.82, 2.24) is 0 Å². The summed E-state index contributed by atoms with van der Waals surface area (Å²) < 4.78 is 24.8. The van der Waals surface area contributed by atoms with Gasteiger partial charge in [-0.15, -0.1) is 0 Å². The van der Waals surface area contributed by atoms with Gasteiger partial charge < -0.3 is 0 Å². The molecule has 0 nitrogen and oxygen atoms in total. The predicted octanol–water partition coefficient (Wildman–Crippen LogP) is 2.83. The van der Waals surface area contributed by atoms with E-state index in [1.54, 1.807) is 0 Å². The van der Waals surface area contributed by atoms with Crippen LogP contribution in [0.4, 0.5) is 8.78 Å². The summed E-state index contributed by atoms with van der Waals surface area (Å²) in [5, 5.41) is 0. The van der Waals surface area contributed by atoms with Crippen LogP contribution in [-0.2, 0) is 0 Å². The molecule has 1 fully saturated rings. The van der Waals surface area contributed by atoms with E-state index in [4.69, 9.17) is 0 Å². The summed E-state index contributed by atoms with van der Waals surface area (Å²) in [6.45, 7) is 1.98. The molecule has 0 heterocycles. The highest BCUT2D eigenvalue weighted by Crippen LogP contribution is 2.39. The van der Waals surface area contributed by atoms with Gasteiger partial charge >= 0.3 is 0 Å². The van der Waals surface area contributed by atoms with Gasteiger partial charge in [0.05, 0.1) is 0 Å². The van der Waals surface area contributed by atoms with Crippen molar-refractivity contribution in [3.8, 4) is 0 Å². The molecule has 0 saturated heterocycles. The molecule has 1 aliphatic carbocycles. The van der Waals surface area contributed by atoms with E-state index in [0.29, 0.717) is 5.92 Å². The molecular weight excluding hydrogens is 122 g/mol. The number of rotatable bonds is 1. The number of alkyl halides is 2. The van der Waals surface area contributed by atoms with Gasteiger partial charge in [0.1, 0.15) is 0 Å². The fourth-order valence-electron chi connectivity index (χ4n) is 1.39. The van der Waals surface area contributed by atoms with Crippen LogP contribution in [0, 0.1) is 5.92 Å². The SMILES string of the molecule is CCC1CCC(F)(F)C1. The van der Waals surface area contributed by atoms with Gasteiger partial charge in [0.25, 0.3) is 0 Å². The average molecular weight is 134 g/mol. The van der Waals surface area contributed by atoms with Crippen LogP contribution < -0.4 is 0 Å². The molecule has 2 heteroatoms. The second-order valence-electron chi connectivity index (χ2n) is 2.87. The van der Waals surface area contributed by atoms with Crippen LogP contribution in [0.2, 0.25) is 0 Å². The van der Waals surface area contributed by atoms with Gasteiger partial charge in [-0.3, -0.25) is 0 Å². The highest BCUT2D eigenvalue weighted by atomic mass is 19.3. The van der Waals surface area contributed by atoms with E-state index in [1.165, 1.54) is 0 Å². The van der Waals surface area contributed by atoms with Crippen molar-refractivity contribution in [3.63, 3.8) is 0 Å². The van der Waals surface area contributed by atoms with Crippen LogP contribution in [0.1, 0.15) is 32.6 Å². The monoisotopic (exact) mass is 134 g/mol. The first-order chi connectivity index (χ1) is 4.14. The molecule has 0 N–H and O–H groups in total. The lowest BCUT2D eigenvalue weighted by Crippen LogP contribution is -2.09. The fraction of sp³-hybridized carbons (Fsp3) is 1.00. The second-order valence-corrected chi connectivity index (χ2v) is 2.87. The van der Waals surface area contributed by atoms with Crippen molar-refractivity contribution in [2.45, 2.75) is 38.5 Å². The summed E-state index contributed by atoms with van der Waals surface area (Å²) in [5.41, 5.74) is 0. The van der Waals surface area contributed by atoms with Gasteiger partial charge in [0.2, 0.25) is 5.92 Å². The lowest BCUT2D eigenvalue weighted by molar-refractivity contribution is 0.00491. The van der Waals surface area contributed by atoms with Crippen LogP contribution >= 0.6 is 0 Å². The van der Waals surface area contributed by atoms with E-state index in [2.05, 4.69) is 0 Å². The van der Waals surface area contributed by atoms with E-state index in [1.807, 2.05) is 6.92 Å². The number of hydrogen-bond acceptors (Lipinski definition) is 0. The zero-order valence-corrected chi connectivity index (χ0v) is 5.66. The van der Waals surface area contributed by atoms with E-state index in [9.17, 15) is 8.78 Å². The molecule has 1 unspecified atom stereocenters. The maximum atomic E-state index is 12.4. The van der Waals surface area contributed by atoms with Crippen LogP contribution in [-0.4, -0.2) is 5.92 Å². The Kier molecular flexibility index (Phi) is 1.73. The number of hydrogen-bond donors (Lipinski definition) is 0. The minimum atomic E-state index is -2.33. The van der Waals surface area contributed by atoms with E-state index in [0.717, 1.165) is 12.8 Å². The molecule has 0 radical (unpaired) electrons. The van der Waals surface area contributed by atoms with Crippen molar-refractivity contribution in [2.75, 3.05) is 0 Å². The van der Waals surface area contributed by atoms with Crippen LogP contribution in [0.15, 0.2) is 0 Å². The molecule has 0 aliphatic heterocycles. The lowest BCUT2D eigenvalue weighted by Gasteiger charge is -2.06. The van der Waals surface area contributed by atoms with E-state index >= 15 is 0 Å². The normalized spacial score (nSPS) is 33.0. The molecule has 0 bridgehead atoms. The van der Waals surface area contributed by atoms with Crippen molar-refractivity contribution in [3.05, 3.63) is 0 Å². The smallest absolute Gasteiger partial charge is 0.207 e. The molecule has 54 valence electrons.